The fraction of sp³-hybridized carbons (Fsp3) is 0.276. The molecule has 11 heteroatoms. The molecule has 208 valence electrons. The number of rotatable bonds is 9. The van der Waals surface area contributed by atoms with Gasteiger partial charge in [-0.3, -0.25) is 9.36 Å². The zero-order chi connectivity index (χ0) is 29.0. The Morgan fingerprint density at radius 2 is 1.93 bits per heavy atom. The standard InChI is InChI=1S/C29H26Br2N2O6S/c1-6-11-39-21-10-9-18(30)12-17(21)13-24-27(34)33-26(19-14-22(36-5)23(37-7-2)15-20(19)31)25(28(35)38-8-3)16(4)32-29(33)40-24/h1,9-10,12-15,26H,7-8,11H2,2-5H3/b24-13+/t26-/m0/s1. The van der Waals surface area contributed by atoms with Crippen molar-refractivity contribution in [1.82, 2.24) is 4.57 Å². The van der Waals surface area contributed by atoms with Gasteiger partial charge in [0, 0.05) is 14.5 Å². The number of thiazole rings is 1. The Balaban J connectivity index is 2.00. The number of halogens is 2. The molecule has 0 bridgehead atoms. The van der Waals surface area contributed by atoms with E-state index in [9.17, 15) is 9.59 Å². The van der Waals surface area contributed by atoms with E-state index in [4.69, 9.17) is 25.4 Å². The molecule has 0 spiro atoms. The van der Waals surface area contributed by atoms with Gasteiger partial charge < -0.3 is 18.9 Å². The zero-order valence-electron chi connectivity index (χ0n) is 22.2. The molecule has 0 unspecified atom stereocenters. The summed E-state index contributed by atoms with van der Waals surface area (Å²) in [5, 5.41) is 0. The van der Waals surface area contributed by atoms with E-state index in [-0.39, 0.29) is 24.3 Å². The summed E-state index contributed by atoms with van der Waals surface area (Å²) < 4.78 is 25.8. The number of ether oxygens (including phenoxy) is 4. The molecular formula is C29H26Br2N2O6S. The van der Waals surface area contributed by atoms with Gasteiger partial charge in [0.05, 0.1) is 42.2 Å². The predicted octanol–water partition coefficient (Wildman–Crippen LogP) is 4.74. The molecule has 3 aromatic rings. The molecule has 0 radical (unpaired) electrons. The number of carbonyl (C=O) groups is 1. The van der Waals surface area contributed by atoms with Crippen molar-refractivity contribution in [2.24, 2.45) is 4.99 Å². The van der Waals surface area contributed by atoms with E-state index in [0.29, 0.717) is 54.5 Å². The third-order valence-electron chi connectivity index (χ3n) is 5.96. The number of nitrogens with zero attached hydrogens (tertiary/aromatic N) is 2. The second-order valence-corrected chi connectivity index (χ2v) is 11.2. The Hall–Kier alpha value is -3.33. The maximum absolute atomic E-state index is 14.0. The van der Waals surface area contributed by atoms with Crippen LogP contribution in [0.15, 0.2) is 60.3 Å². The molecule has 1 atom stereocenters. The maximum Gasteiger partial charge on any atom is 0.338 e. The average molecular weight is 690 g/mol. The highest BCUT2D eigenvalue weighted by Gasteiger charge is 2.35. The molecule has 0 N–H and O–H groups in total. The van der Waals surface area contributed by atoms with E-state index < -0.39 is 12.0 Å². The molecule has 40 heavy (non-hydrogen) atoms. The van der Waals surface area contributed by atoms with Crippen LogP contribution in [0.3, 0.4) is 0 Å². The van der Waals surface area contributed by atoms with Crippen molar-refractivity contribution in [2.75, 3.05) is 26.9 Å². The number of hydrogen-bond acceptors (Lipinski definition) is 8. The van der Waals surface area contributed by atoms with E-state index in [1.165, 1.54) is 23.0 Å². The van der Waals surface area contributed by atoms with Gasteiger partial charge in [0.2, 0.25) is 0 Å². The first-order valence-corrected chi connectivity index (χ1v) is 14.7. The van der Waals surface area contributed by atoms with Crippen LogP contribution in [0.25, 0.3) is 6.08 Å². The zero-order valence-corrected chi connectivity index (χ0v) is 26.2. The minimum atomic E-state index is -0.837. The SMILES string of the molecule is C#CCOc1ccc(Br)cc1/C=c1/sc2n(c1=O)[C@@H](c1cc(OC)c(OCC)cc1Br)C(C(=O)OCC)=C(C)N=2. The van der Waals surface area contributed by atoms with Crippen LogP contribution in [0.1, 0.15) is 37.9 Å². The largest absolute Gasteiger partial charge is 0.493 e. The van der Waals surface area contributed by atoms with Crippen molar-refractivity contribution in [3.05, 3.63) is 81.4 Å². The van der Waals surface area contributed by atoms with Gasteiger partial charge in [-0.1, -0.05) is 49.1 Å². The molecule has 1 aliphatic rings. The summed E-state index contributed by atoms with van der Waals surface area (Å²) in [5.41, 5.74) is 1.66. The van der Waals surface area contributed by atoms with Crippen LogP contribution in [0.5, 0.6) is 17.2 Å². The van der Waals surface area contributed by atoms with Gasteiger partial charge in [-0.25, -0.2) is 9.79 Å². The van der Waals surface area contributed by atoms with E-state index in [1.807, 2.05) is 19.1 Å². The van der Waals surface area contributed by atoms with Gasteiger partial charge in [-0.05, 0) is 62.7 Å². The lowest BCUT2D eigenvalue weighted by Crippen LogP contribution is -2.40. The smallest absolute Gasteiger partial charge is 0.338 e. The van der Waals surface area contributed by atoms with Gasteiger partial charge >= 0.3 is 5.97 Å². The summed E-state index contributed by atoms with van der Waals surface area (Å²) in [6.07, 6.45) is 7.11. The van der Waals surface area contributed by atoms with E-state index in [2.05, 4.69) is 42.8 Å². The molecule has 1 aromatic heterocycles. The monoisotopic (exact) mass is 688 g/mol. The Morgan fingerprint density at radius 1 is 1.15 bits per heavy atom. The molecular weight excluding hydrogens is 664 g/mol. The highest BCUT2D eigenvalue weighted by atomic mass is 79.9. The summed E-state index contributed by atoms with van der Waals surface area (Å²) in [7, 11) is 1.53. The summed E-state index contributed by atoms with van der Waals surface area (Å²) in [4.78, 5) is 32.4. The molecule has 0 aliphatic carbocycles. The van der Waals surface area contributed by atoms with Crippen LogP contribution in [0.4, 0.5) is 0 Å². The van der Waals surface area contributed by atoms with Crippen LogP contribution < -0.4 is 29.1 Å². The van der Waals surface area contributed by atoms with Gasteiger partial charge in [0.1, 0.15) is 12.4 Å². The van der Waals surface area contributed by atoms with Crippen LogP contribution in [-0.2, 0) is 9.53 Å². The van der Waals surface area contributed by atoms with Crippen molar-refractivity contribution < 1.29 is 23.7 Å². The normalized spacial score (nSPS) is 14.7. The van der Waals surface area contributed by atoms with E-state index >= 15 is 0 Å². The number of hydrogen-bond donors (Lipinski definition) is 0. The molecule has 0 saturated carbocycles. The van der Waals surface area contributed by atoms with Crippen molar-refractivity contribution in [2.45, 2.75) is 26.8 Å². The Kier molecular flexibility index (Phi) is 9.56. The van der Waals surface area contributed by atoms with Crippen molar-refractivity contribution >= 4 is 55.2 Å². The molecule has 0 saturated heterocycles. The lowest BCUT2D eigenvalue weighted by Gasteiger charge is -2.26. The molecule has 1 aliphatic heterocycles. The average Bonchev–Trinajstić information content (AvgIpc) is 3.22. The molecule has 4 rings (SSSR count). The Labute approximate surface area is 252 Å². The second kappa shape index (κ2) is 12.9. The third-order valence-corrected chi connectivity index (χ3v) is 8.13. The number of methoxy groups -OCH3 is 1. The van der Waals surface area contributed by atoms with Gasteiger partial charge in [0.15, 0.2) is 16.3 Å². The molecule has 0 fully saturated rings. The van der Waals surface area contributed by atoms with E-state index in [0.717, 1.165) is 4.47 Å². The van der Waals surface area contributed by atoms with Gasteiger partial charge in [-0.15, -0.1) is 6.42 Å². The van der Waals surface area contributed by atoms with Crippen LogP contribution in [0, 0.1) is 12.3 Å². The number of terminal acetylenes is 1. The topological polar surface area (TPSA) is 88.3 Å². The minimum absolute atomic E-state index is 0.0828. The van der Waals surface area contributed by atoms with Crippen molar-refractivity contribution in [3.63, 3.8) is 0 Å². The molecule has 2 aromatic carbocycles. The first kappa shape index (κ1) is 29.6. The van der Waals surface area contributed by atoms with Gasteiger partial charge in [-0.2, -0.15) is 0 Å². The van der Waals surface area contributed by atoms with Crippen LogP contribution >= 0.6 is 43.2 Å². The highest BCUT2D eigenvalue weighted by molar-refractivity contribution is 9.10. The molecule has 0 amide bonds. The fourth-order valence-electron chi connectivity index (χ4n) is 4.30. The van der Waals surface area contributed by atoms with Crippen molar-refractivity contribution in [1.29, 1.82) is 0 Å². The van der Waals surface area contributed by atoms with Crippen molar-refractivity contribution in [3.8, 4) is 29.6 Å². The Bertz CT molecular complexity index is 1720. The highest BCUT2D eigenvalue weighted by Crippen LogP contribution is 2.41. The number of esters is 1. The molecule has 2 heterocycles. The summed E-state index contributed by atoms with van der Waals surface area (Å²) in [6.45, 7) is 6.02. The number of aromatic nitrogens is 1. The summed E-state index contributed by atoms with van der Waals surface area (Å²) in [5.74, 6) is 3.42. The van der Waals surface area contributed by atoms with E-state index in [1.54, 1.807) is 38.1 Å². The predicted molar refractivity (Wildman–Crippen MR) is 161 cm³/mol. The summed E-state index contributed by atoms with van der Waals surface area (Å²) in [6, 6.07) is 8.13. The maximum atomic E-state index is 14.0. The lowest BCUT2D eigenvalue weighted by atomic mass is 9.95. The third kappa shape index (κ3) is 5.89. The fourth-order valence-corrected chi connectivity index (χ4v) is 6.25. The number of benzene rings is 2. The first-order valence-electron chi connectivity index (χ1n) is 12.3. The second-order valence-electron chi connectivity index (χ2n) is 8.43. The number of allylic oxidation sites excluding steroid dienone is 1. The molecule has 8 nitrogen and oxygen atoms in total. The minimum Gasteiger partial charge on any atom is -0.493 e. The lowest BCUT2D eigenvalue weighted by molar-refractivity contribution is -0.139. The number of carbonyl (C=O) groups excluding carboxylic acids is 1. The van der Waals surface area contributed by atoms with Crippen LogP contribution in [0.2, 0.25) is 0 Å². The first-order chi connectivity index (χ1) is 19.2. The summed E-state index contributed by atoms with van der Waals surface area (Å²) >= 11 is 8.32. The van der Waals surface area contributed by atoms with Crippen LogP contribution in [-0.4, -0.2) is 37.5 Å². The Morgan fingerprint density at radius 3 is 2.60 bits per heavy atom. The number of fused-ring (bicyclic) bond motifs is 1. The quantitative estimate of drug-likeness (QED) is 0.238. The van der Waals surface area contributed by atoms with Gasteiger partial charge in [0.25, 0.3) is 5.56 Å².